The fraction of sp³-hybridized carbons (Fsp3) is 0.100. The number of amides is 2. The summed E-state index contributed by atoms with van der Waals surface area (Å²) in [5.74, 6) is -0.583. The van der Waals surface area contributed by atoms with Crippen molar-refractivity contribution in [2.24, 2.45) is 0 Å². The van der Waals surface area contributed by atoms with Gasteiger partial charge >= 0.3 is 0 Å². The summed E-state index contributed by atoms with van der Waals surface area (Å²) in [6.07, 6.45) is 0. The lowest BCUT2D eigenvalue weighted by Crippen LogP contribution is -2.28. The molecule has 0 fully saturated rings. The summed E-state index contributed by atoms with van der Waals surface area (Å²) in [5, 5.41) is 3.22. The molecule has 3 aromatic rings. The first-order chi connectivity index (χ1) is 13.7. The maximum atomic E-state index is 12.4. The van der Waals surface area contributed by atoms with Gasteiger partial charge in [0.1, 0.15) is 5.76 Å². The molecule has 0 radical (unpaired) electrons. The van der Waals surface area contributed by atoms with Crippen LogP contribution in [0.5, 0.6) is 0 Å². The maximum absolute atomic E-state index is 12.4. The van der Waals surface area contributed by atoms with Crippen LogP contribution < -0.4 is 10.0 Å². The van der Waals surface area contributed by atoms with Crippen molar-refractivity contribution < 1.29 is 22.4 Å². The van der Waals surface area contributed by atoms with E-state index in [0.717, 1.165) is 18.1 Å². The minimum Gasteiger partial charge on any atom is -0.451 e. The van der Waals surface area contributed by atoms with Crippen molar-refractivity contribution in [1.82, 2.24) is 4.72 Å². The molecule has 2 amide bonds. The summed E-state index contributed by atoms with van der Waals surface area (Å²) in [5.41, 5.74) is 1.99. The smallest absolute Gasteiger partial charge is 0.291 e. The van der Waals surface area contributed by atoms with Crippen LogP contribution in [0.15, 0.2) is 63.9 Å². The van der Waals surface area contributed by atoms with E-state index in [1.54, 1.807) is 24.3 Å². The Morgan fingerprint density at radius 2 is 1.69 bits per heavy atom. The second kappa shape index (κ2) is 8.10. The summed E-state index contributed by atoms with van der Waals surface area (Å²) < 4.78 is 31.4. The molecule has 0 aliphatic heterocycles. The third kappa shape index (κ3) is 4.67. The summed E-state index contributed by atoms with van der Waals surface area (Å²) in [6.45, 7) is 2.96. The number of nitrogens with one attached hydrogen (secondary N) is 2. The Morgan fingerprint density at radius 3 is 2.34 bits per heavy atom. The van der Waals surface area contributed by atoms with Crippen LogP contribution >= 0.6 is 11.6 Å². The molecule has 29 heavy (non-hydrogen) atoms. The number of rotatable bonds is 5. The Kier molecular flexibility index (Phi) is 5.76. The number of anilines is 1. The number of carbonyl (C=O) groups excluding carboxylic acids is 2. The van der Waals surface area contributed by atoms with E-state index in [-0.39, 0.29) is 10.7 Å². The van der Waals surface area contributed by atoms with Gasteiger partial charge in [-0.3, -0.25) is 9.59 Å². The van der Waals surface area contributed by atoms with Gasteiger partial charge < -0.3 is 9.73 Å². The molecule has 0 bridgehead atoms. The van der Waals surface area contributed by atoms with Gasteiger partial charge in [0.15, 0.2) is 5.76 Å². The molecule has 7 nitrogen and oxygen atoms in total. The van der Waals surface area contributed by atoms with Gasteiger partial charge in [0.2, 0.25) is 5.91 Å². The fourth-order valence-electron chi connectivity index (χ4n) is 2.64. The zero-order chi connectivity index (χ0) is 21.2. The first-order valence-corrected chi connectivity index (χ1v) is 10.3. The standard InChI is InChI=1S/C20H17ClN2O5S/c1-12-16(4-3-5-17(12)21)18-10-11-19(28-18)20(25)22-14-6-8-15(9-7-14)29(26,27)23-13(2)24/h3-11H,1-2H3,(H,22,25)(H,23,24). The van der Waals surface area contributed by atoms with E-state index in [2.05, 4.69) is 5.32 Å². The number of sulfonamides is 1. The molecular weight excluding hydrogens is 416 g/mol. The Hall–Kier alpha value is -3.10. The quantitative estimate of drug-likeness (QED) is 0.634. The van der Waals surface area contributed by atoms with E-state index < -0.39 is 21.8 Å². The molecule has 0 atom stereocenters. The highest BCUT2D eigenvalue weighted by molar-refractivity contribution is 7.90. The number of hydrogen-bond donors (Lipinski definition) is 2. The summed E-state index contributed by atoms with van der Waals surface area (Å²) in [4.78, 5) is 23.3. The van der Waals surface area contributed by atoms with Gasteiger partial charge in [-0.05, 0) is 55.0 Å². The van der Waals surface area contributed by atoms with Gasteiger partial charge in [0, 0.05) is 23.2 Å². The molecule has 1 heterocycles. The highest BCUT2D eigenvalue weighted by Crippen LogP contribution is 2.30. The molecule has 0 unspecified atom stereocenters. The maximum Gasteiger partial charge on any atom is 0.291 e. The van der Waals surface area contributed by atoms with Crippen LogP contribution in [-0.2, 0) is 14.8 Å². The average molecular weight is 433 g/mol. The topological polar surface area (TPSA) is 105 Å². The van der Waals surface area contributed by atoms with E-state index >= 15 is 0 Å². The minimum atomic E-state index is -3.93. The number of halogens is 1. The molecule has 2 N–H and O–H groups in total. The van der Waals surface area contributed by atoms with Crippen molar-refractivity contribution in [2.45, 2.75) is 18.7 Å². The van der Waals surface area contributed by atoms with Gasteiger partial charge in [-0.1, -0.05) is 23.7 Å². The van der Waals surface area contributed by atoms with Crippen molar-refractivity contribution in [3.8, 4) is 11.3 Å². The Morgan fingerprint density at radius 1 is 1.00 bits per heavy atom. The van der Waals surface area contributed by atoms with Crippen molar-refractivity contribution in [1.29, 1.82) is 0 Å². The van der Waals surface area contributed by atoms with Crippen LogP contribution in [0.2, 0.25) is 5.02 Å². The van der Waals surface area contributed by atoms with Gasteiger partial charge in [-0.2, -0.15) is 0 Å². The van der Waals surface area contributed by atoms with Gasteiger partial charge in [-0.25, -0.2) is 13.1 Å². The monoisotopic (exact) mass is 432 g/mol. The number of benzene rings is 2. The predicted octanol–water partition coefficient (Wildman–Crippen LogP) is 3.99. The third-order valence-corrected chi connectivity index (χ3v) is 5.92. The van der Waals surface area contributed by atoms with Crippen LogP contribution in [0, 0.1) is 6.92 Å². The lowest BCUT2D eigenvalue weighted by molar-refractivity contribution is -0.117. The van der Waals surface area contributed by atoms with Crippen LogP contribution in [0.3, 0.4) is 0 Å². The number of hydrogen-bond acceptors (Lipinski definition) is 5. The lowest BCUT2D eigenvalue weighted by atomic mass is 10.1. The first-order valence-electron chi connectivity index (χ1n) is 8.47. The highest BCUT2D eigenvalue weighted by atomic mass is 35.5. The van der Waals surface area contributed by atoms with Gasteiger partial charge in [0.25, 0.3) is 15.9 Å². The van der Waals surface area contributed by atoms with Crippen molar-refractivity contribution in [2.75, 3.05) is 5.32 Å². The zero-order valence-electron chi connectivity index (χ0n) is 15.5. The third-order valence-electron chi connectivity index (χ3n) is 4.06. The molecular formula is C20H17ClN2O5S. The Labute approximate surface area is 172 Å². The fourth-order valence-corrected chi connectivity index (χ4v) is 3.80. The molecule has 150 valence electrons. The molecule has 3 rings (SSSR count). The lowest BCUT2D eigenvalue weighted by Gasteiger charge is -2.07. The normalized spacial score (nSPS) is 11.1. The summed E-state index contributed by atoms with van der Waals surface area (Å²) in [6, 6.07) is 14.0. The van der Waals surface area contributed by atoms with E-state index in [4.69, 9.17) is 16.0 Å². The minimum absolute atomic E-state index is 0.0920. The van der Waals surface area contributed by atoms with E-state index in [9.17, 15) is 18.0 Å². The Bertz CT molecular complexity index is 1180. The second-order valence-electron chi connectivity index (χ2n) is 6.22. The molecule has 0 saturated carbocycles. The second-order valence-corrected chi connectivity index (χ2v) is 8.31. The Balaban J connectivity index is 1.75. The van der Waals surface area contributed by atoms with Crippen molar-refractivity contribution >= 4 is 39.1 Å². The van der Waals surface area contributed by atoms with E-state index in [1.807, 2.05) is 17.7 Å². The molecule has 0 aliphatic rings. The molecule has 0 spiro atoms. The molecule has 9 heteroatoms. The van der Waals surface area contributed by atoms with Crippen molar-refractivity contribution in [3.05, 3.63) is 70.9 Å². The van der Waals surface area contributed by atoms with Crippen LogP contribution in [0.4, 0.5) is 5.69 Å². The SMILES string of the molecule is CC(=O)NS(=O)(=O)c1ccc(NC(=O)c2ccc(-c3cccc(Cl)c3C)o2)cc1. The highest BCUT2D eigenvalue weighted by Gasteiger charge is 2.17. The summed E-state index contributed by atoms with van der Waals surface area (Å²) in [7, 11) is -3.93. The average Bonchev–Trinajstić information content (AvgIpc) is 3.13. The van der Waals surface area contributed by atoms with E-state index in [1.165, 1.54) is 24.3 Å². The molecule has 2 aromatic carbocycles. The first kappa shape index (κ1) is 20.6. The van der Waals surface area contributed by atoms with E-state index in [0.29, 0.717) is 16.5 Å². The van der Waals surface area contributed by atoms with Crippen LogP contribution in [0.1, 0.15) is 23.0 Å². The zero-order valence-corrected chi connectivity index (χ0v) is 17.1. The molecule has 1 aromatic heterocycles. The van der Waals surface area contributed by atoms with Gasteiger partial charge in [0.05, 0.1) is 4.90 Å². The number of carbonyl (C=O) groups is 2. The van der Waals surface area contributed by atoms with Gasteiger partial charge in [-0.15, -0.1) is 0 Å². The largest absolute Gasteiger partial charge is 0.451 e. The van der Waals surface area contributed by atoms with Crippen LogP contribution in [-0.4, -0.2) is 20.2 Å². The summed E-state index contributed by atoms with van der Waals surface area (Å²) >= 11 is 6.13. The van der Waals surface area contributed by atoms with Crippen molar-refractivity contribution in [3.63, 3.8) is 0 Å². The van der Waals surface area contributed by atoms with Crippen LogP contribution in [0.25, 0.3) is 11.3 Å². The predicted molar refractivity (Wildman–Crippen MR) is 109 cm³/mol. The number of furan rings is 1. The molecule has 0 aliphatic carbocycles. The molecule has 0 saturated heterocycles.